The summed E-state index contributed by atoms with van der Waals surface area (Å²) < 4.78 is 0.753. The average molecular weight is 373 g/mol. The number of rotatable bonds is 2. The third-order valence-electron chi connectivity index (χ3n) is 3.81. The minimum atomic E-state index is -0.636. The number of hydrogen-bond donors (Lipinski definition) is 2. The van der Waals surface area contributed by atoms with Gasteiger partial charge >= 0.3 is 11.2 Å². The van der Waals surface area contributed by atoms with Gasteiger partial charge < -0.3 is 9.97 Å². The SMILES string of the molecule is O=c1[nH]c2c([nH]c3ccccc32)c(=O)n1/N=C/c1ccc(Cl)cc1Cl. The van der Waals surface area contributed by atoms with Crippen molar-refractivity contribution in [1.29, 1.82) is 0 Å². The van der Waals surface area contributed by atoms with Gasteiger partial charge in [-0.05, 0) is 18.2 Å². The maximum atomic E-state index is 12.6. The molecule has 2 aromatic carbocycles. The van der Waals surface area contributed by atoms with E-state index >= 15 is 0 Å². The summed E-state index contributed by atoms with van der Waals surface area (Å²) in [6, 6.07) is 12.2. The van der Waals surface area contributed by atoms with Crippen LogP contribution in [-0.2, 0) is 0 Å². The number of nitrogens with zero attached hydrogens (tertiary/aromatic N) is 2. The van der Waals surface area contributed by atoms with Crippen molar-refractivity contribution in [2.24, 2.45) is 5.10 Å². The van der Waals surface area contributed by atoms with E-state index in [4.69, 9.17) is 23.2 Å². The molecule has 2 aromatic heterocycles. The Hall–Kier alpha value is -2.83. The minimum Gasteiger partial charge on any atom is -0.349 e. The molecule has 2 heterocycles. The predicted molar refractivity (Wildman–Crippen MR) is 100 cm³/mol. The third kappa shape index (κ3) is 2.65. The number of benzene rings is 2. The topological polar surface area (TPSA) is 83.0 Å². The summed E-state index contributed by atoms with van der Waals surface area (Å²) in [5.74, 6) is 0. The summed E-state index contributed by atoms with van der Waals surface area (Å²) in [7, 11) is 0. The van der Waals surface area contributed by atoms with Gasteiger partial charge in [-0.15, -0.1) is 4.68 Å². The molecule has 0 fully saturated rings. The summed E-state index contributed by atoms with van der Waals surface area (Å²) in [5.41, 5.74) is 0.850. The van der Waals surface area contributed by atoms with E-state index in [0.717, 1.165) is 15.6 Å². The summed E-state index contributed by atoms with van der Waals surface area (Å²) in [6.07, 6.45) is 1.34. The van der Waals surface area contributed by atoms with Crippen molar-refractivity contribution in [3.63, 3.8) is 0 Å². The van der Waals surface area contributed by atoms with E-state index < -0.39 is 11.2 Å². The Kier molecular flexibility index (Phi) is 3.71. The molecule has 25 heavy (non-hydrogen) atoms. The molecule has 4 rings (SSSR count). The minimum absolute atomic E-state index is 0.278. The van der Waals surface area contributed by atoms with Gasteiger partial charge in [-0.25, -0.2) is 4.79 Å². The number of aromatic nitrogens is 3. The fraction of sp³-hybridized carbons (Fsp3) is 0. The summed E-state index contributed by atoms with van der Waals surface area (Å²) in [4.78, 5) is 30.6. The van der Waals surface area contributed by atoms with Crippen LogP contribution in [0, 0.1) is 0 Å². The van der Waals surface area contributed by atoms with Gasteiger partial charge in [0.1, 0.15) is 5.52 Å². The summed E-state index contributed by atoms with van der Waals surface area (Å²) >= 11 is 11.9. The zero-order valence-electron chi connectivity index (χ0n) is 12.6. The van der Waals surface area contributed by atoms with Gasteiger partial charge in [-0.2, -0.15) is 5.10 Å². The van der Waals surface area contributed by atoms with Crippen molar-refractivity contribution >= 4 is 51.4 Å². The van der Waals surface area contributed by atoms with Crippen LogP contribution >= 0.6 is 23.2 Å². The monoisotopic (exact) mass is 372 g/mol. The number of H-pyrrole nitrogens is 2. The highest BCUT2D eigenvalue weighted by Gasteiger charge is 2.12. The maximum absolute atomic E-state index is 12.6. The van der Waals surface area contributed by atoms with E-state index in [-0.39, 0.29) is 5.52 Å². The van der Waals surface area contributed by atoms with Crippen molar-refractivity contribution in [3.8, 4) is 0 Å². The van der Waals surface area contributed by atoms with Gasteiger partial charge in [0.2, 0.25) is 0 Å². The van der Waals surface area contributed by atoms with Gasteiger partial charge in [0.15, 0.2) is 0 Å². The van der Waals surface area contributed by atoms with Gasteiger partial charge in [0.25, 0.3) is 0 Å². The lowest BCUT2D eigenvalue weighted by Crippen LogP contribution is -2.32. The fourth-order valence-corrected chi connectivity index (χ4v) is 3.08. The van der Waals surface area contributed by atoms with Crippen LogP contribution in [0.1, 0.15) is 5.56 Å². The van der Waals surface area contributed by atoms with Crippen LogP contribution in [0.2, 0.25) is 10.0 Å². The van der Waals surface area contributed by atoms with Crippen LogP contribution < -0.4 is 11.2 Å². The van der Waals surface area contributed by atoms with Crippen LogP contribution in [0.15, 0.2) is 57.2 Å². The van der Waals surface area contributed by atoms with Gasteiger partial charge in [-0.1, -0.05) is 47.5 Å². The van der Waals surface area contributed by atoms with Crippen LogP contribution in [0.5, 0.6) is 0 Å². The maximum Gasteiger partial charge on any atom is 0.350 e. The zero-order chi connectivity index (χ0) is 17.6. The van der Waals surface area contributed by atoms with E-state index in [2.05, 4.69) is 15.1 Å². The van der Waals surface area contributed by atoms with Gasteiger partial charge in [0.05, 0.1) is 16.8 Å². The van der Waals surface area contributed by atoms with Crippen LogP contribution in [0.25, 0.3) is 21.9 Å². The number of aromatic amines is 2. The molecule has 0 saturated carbocycles. The quantitative estimate of drug-likeness (QED) is 0.528. The average Bonchev–Trinajstić information content (AvgIpc) is 2.95. The van der Waals surface area contributed by atoms with Crippen molar-refractivity contribution in [2.45, 2.75) is 0 Å². The fourth-order valence-electron chi connectivity index (χ4n) is 2.62. The van der Waals surface area contributed by atoms with Crippen LogP contribution in [0.4, 0.5) is 0 Å². The first-order valence-electron chi connectivity index (χ1n) is 7.30. The Bertz CT molecular complexity index is 1270. The molecule has 0 atom stereocenters. The largest absolute Gasteiger partial charge is 0.350 e. The molecule has 0 radical (unpaired) electrons. The highest BCUT2D eigenvalue weighted by molar-refractivity contribution is 6.36. The molecular weight excluding hydrogens is 363 g/mol. The lowest BCUT2D eigenvalue weighted by Gasteiger charge is -2.00. The molecular formula is C17H10Cl2N4O2. The normalized spacial score (nSPS) is 11.8. The number of halogens is 2. The predicted octanol–water partition coefficient (Wildman–Crippen LogP) is 3.36. The molecule has 0 aliphatic carbocycles. The lowest BCUT2D eigenvalue weighted by molar-refractivity contribution is 0.770. The second-order valence-corrected chi connectivity index (χ2v) is 6.22. The molecule has 2 N–H and O–H groups in total. The van der Waals surface area contributed by atoms with Crippen molar-refractivity contribution < 1.29 is 0 Å². The number of fused-ring (bicyclic) bond motifs is 3. The van der Waals surface area contributed by atoms with Crippen molar-refractivity contribution in [3.05, 3.63) is 78.9 Å². The summed E-state index contributed by atoms with van der Waals surface area (Å²) in [5, 5.41) is 5.59. The Morgan fingerprint density at radius 3 is 2.60 bits per heavy atom. The van der Waals surface area contributed by atoms with E-state index in [1.807, 2.05) is 24.3 Å². The number of para-hydroxylation sites is 1. The third-order valence-corrected chi connectivity index (χ3v) is 4.37. The molecule has 8 heteroatoms. The zero-order valence-corrected chi connectivity index (χ0v) is 14.1. The standard InChI is InChI=1S/C17H10Cl2N4O2/c18-10-6-5-9(12(19)7-10)8-20-23-16(24)15-14(22-17(23)25)11-3-1-2-4-13(11)21-15/h1-8,21H,(H,22,25)/b20-8+. The Balaban J connectivity index is 1.90. The lowest BCUT2D eigenvalue weighted by atomic mass is 10.2. The first-order valence-corrected chi connectivity index (χ1v) is 8.05. The van der Waals surface area contributed by atoms with E-state index in [0.29, 0.717) is 21.1 Å². The Morgan fingerprint density at radius 2 is 1.80 bits per heavy atom. The Morgan fingerprint density at radius 1 is 1.00 bits per heavy atom. The Labute approximate surface area is 150 Å². The molecule has 4 aromatic rings. The second kappa shape index (κ2) is 5.91. The number of nitrogens with one attached hydrogen (secondary N) is 2. The van der Waals surface area contributed by atoms with Crippen LogP contribution in [-0.4, -0.2) is 20.9 Å². The second-order valence-electron chi connectivity index (χ2n) is 5.38. The molecule has 0 aliphatic heterocycles. The van der Waals surface area contributed by atoms with E-state index in [9.17, 15) is 9.59 Å². The van der Waals surface area contributed by atoms with Gasteiger partial charge in [0, 0.05) is 21.5 Å². The summed E-state index contributed by atoms with van der Waals surface area (Å²) in [6.45, 7) is 0. The first-order chi connectivity index (χ1) is 12.0. The smallest absolute Gasteiger partial charge is 0.349 e. The molecule has 0 saturated heterocycles. The van der Waals surface area contributed by atoms with E-state index in [1.165, 1.54) is 6.21 Å². The highest BCUT2D eigenvalue weighted by Crippen LogP contribution is 2.20. The molecule has 124 valence electrons. The molecule has 0 amide bonds. The van der Waals surface area contributed by atoms with Crippen LogP contribution in [0.3, 0.4) is 0 Å². The molecule has 0 bridgehead atoms. The highest BCUT2D eigenvalue weighted by atomic mass is 35.5. The van der Waals surface area contributed by atoms with Crippen molar-refractivity contribution in [1.82, 2.24) is 14.6 Å². The number of hydrogen-bond acceptors (Lipinski definition) is 3. The van der Waals surface area contributed by atoms with Gasteiger partial charge in [-0.3, -0.25) is 4.79 Å². The molecule has 6 nitrogen and oxygen atoms in total. The van der Waals surface area contributed by atoms with Crippen molar-refractivity contribution in [2.75, 3.05) is 0 Å². The molecule has 0 spiro atoms. The molecule has 0 aliphatic rings. The molecule has 0 unspecified atom stereocenters. The first kappa shape index (κ1) is 15.7. The van der Waals surface area contributed by atoms with E-state index in [1.54, 1.807) is 18.2 Å².